The van der Waals surface area contributed by atoms with Gasteiger partial charge in [-0.15, -0.1) is 13.2 Å². The molecule has 1 aliphatic heterocycles. The van der Waals surface area contributed by atoms with Crippen LogP contribution in [0, 0.1) is 0 Å². The molecule has 0 aliphatic carbocycles. The third kappa shape index (κ3) is 6.28. The molecule has 1 aliphatic rings. The Balaban J connectivity index is 1.54. The Morgan fingerprint density at radius 3 is 2.45 bits per heavy atom. The first-order valence-corrected chi connectivity index (χ1v) is 9.09. The summed E-state index contributed by atoms with van der Waals surface area (Å²) in [4.78, 5) is 14.2. The second-order valence-corrected chi connectivity index (χ2v) is 6.40. The number of benzene rings is 2. The standard InChI is InChI=1S/C20H21F3N2O4/c1-2-25(12-14-3-6-16(7-4-14)29-20(21,22)23)13-19(26)24-15-5-8-17-18(11-15)28-10-9-27-17/h3-8,11H,2,9-10,12-13H2,1H3,(H,24,26). The fourth-order valence-electron chi connectivity index (χ4n) is 2.86. The van der Waals surface area contributed by atoms with Crippen molar-refractivity contribution in [2.24, 2.45) is 0 Å². The van der Waals surface area contributed by atoms with Crippen LogP contribution >= 0.6 is 0 Å². The van der Waals surface area contributed by atoms with E-state index in [1.165, 1.54) is 12.1 Å². The second kappa shape index (κ2) is 9.04. The Morgan fingerprint density at radius 2 is 1.79 bits per heavy atom. The van der Waals surface area contributed by atoms with Crippen molar-refractivity contribution in [1.82, 2.24) is 4.90 Å². The van der Waals surface area contributed by atoms with Gasteiger partial charge in [-0.1, -0.05) is 19.1 Å². The molecule has 0 spiro atoms. The van der Waals surface area contributed by atoms with Gasteiger partial charge < -0.3 is 19.5 Å². The molecule has 0 atom stereocenters. The molecule has 6 nitrogen and oxygen atoms in total. The summed E-state index contributed by atoms with van der Waals surface area (Å²) in [5.74, 6) is 0.742. The fourth-order valence-corrected chi connectivity index (χ4v) is 2.86. The average Bonchev–Trinajstić information content (AvgIpc) is 2.67. The maximum Gasteiger partial charge on any atom is 0.573 e. The molecular weight excluding hydrogens is 389 g/mol. The highest BCUT2D eigenvalue weighted by atomic mass is 19.4. The quantitative estimate of drug-likeness (QED) is 0.752. The van der Waals surface area contributed by atoms with Crippen molar-refractivity contribution in [2.45, 2.75) is 19.8 Å². The Kier molecular flexibility index (Phi) is 6.48. The number of nitrogens with one attached hydrogen (secondary N) is 1. The molecule has 1 heterocycles. The molecule has 0 fully saturated rings. The molecule has 156 valence electrons. The summed E-state index contributed by atoms with van der Waals surface area (Å²) in [7, 11) is 0. The Hall–Kier alpha value is -2.94. The number of hydrogen-bond donors (Lipinski definition) is 1. The van der Waals surface area contributed by atoms with E-state index in [1.54, 1.807) is 30.3 Å². The molecule has 29 heavy (non-hydrogen) atoms. The fraction of sp³-hybridized carbons (Fsp3) is 0.350. The molecule has 2 aromatic carbocycles. The zero-order chi connectivity index (χ0) is 20.9. The molecule has 0 saturated heterocycles. The number of fused-ring (bicyclic) bond motifs is 1. The van der Waals surface area contributed by atoms with Crippen LogP contribution in [0.2, 0.25) is 0 Å². The molecule has 0 radical (unpaired) electrons. The van der Waals surface area contributed by atoms with Gasteiger partial charge in [-0.2, -0.15) is 0 Å². The lowest BCUT2D eigenvalue weighted by Gasteiger charge is -2.21. The number of nitrogens with zero attached hydrogens (tertiary/aromatic N) is 1. The maximum absolute atomic E-state index is 12.4. The molecule has 0 saturated carbocycles. The van der Waals surface area contributed by atoms with Gasteiger partial charge in [0.2, 0.25) is 5.91 Å². The van der Waals surface area contributed by atoms with Gasteiger partial charge in [0, 0.05) is 18.3 Å². The van der Waals surface area contributed by atoms with E-state index in [4.69, 9.17) is 9.47 Å². The van der Waals surface area contributed by atoms with Gasteiger partial charge in [-0.3, -0.25) is 9.69 Å². The molecule has 2 aromatic rings. The Morgan fingerprint density at radius 1 is 1.10 bits per heavy atom. The van der Waals surface area contributed by atoms with Gasteiger partial charge in [0.1, 0.15) is 19.0 Å². The van der Waals surface area contributed by atoms with Crippen LogP contribution in [0.25, 0.3) is 0 Å². The van der Waals surface area contributed by atoms with Crippen molar-refractivity contribution in [2.75, 3.05) is 31.6 Å². The minimum atomic E-state index is -4.72. The lowest BCUT2D eigenvalue weighted by molar-refractivity contribution is -0.274. The highest BCUT2D eigenvalue weighted by molar-refractivity contribution is 5.92. The first-order valence-electron chi connectivity index (χ1n) is 9.09. The smallest absolute Gasteiger partial charge is 0.486 e. The zero-order valence-corrected chi connectivity index (χ0v) is 15.8. The minimum Gasteiger partial charge on any atom is -0.486 e. The van der Waals surface area contributed by atoms with Crippen LogP contribution in [-0.2, 0) is 11.3 Å². The van der Waals surface area contributed by atoms with E-state index in [0.717, 1.165) is 5.56 Å². The number of carbonyl (C=O) groups is 1. The topological polar surface area (TPSA) is 60.0 Å². The Labute approximate surface area is 166 Å². The second-order valence-electron chi connectivity index (χ2n) is 6.40. The third-order valence-electron chi connectivity index (χ3n) is 4.20. The Bertz CT molecular complexity index is 841. The predicted molar refractivity (Wildman–Crippen MR) is 100 cm³/mol. The molecule has 0 unspecified atom stereocenters. The number of rotatable bonds is 7. The first-order chi connectivity index (χ1) is 13.8. The zero-order valence-electron chi connectivity index (χ0n) is 15.8. The number of hydrogen-bond acceptors (Lipinski definition) is 5. The summed E-state index contributed by atoms with van der Waals surface area (Å²) in [6.07, 6.45) is -4.72. The monoisotopic (exact) mass is 410 g/mol. The van der Waals surface area contributed by atoms with Gasteiger partial charge in [-0.25, -0.2) is 0 Å². The summed E-state index contributed by atoms with van der Waals surface area (Å²) in [5, 5.41) is 2.82. The third-order valence-corrected chi connectivity index (χ3v) is 4.20. The largest absolute Gasteiger partial charge is 0.573 e. The molecule has 1 N–H and O–H groups in total. The van der Waals surface area contributed by atoms with Gasteiger partial charge in [0.05, 0.1) is 6.54 Å². The van der Waals surface area contributed by atoms with Crippen LogP contribution in [0.4, 0.5) is 18.9 Å². The normalized spacial score (nSPS) is 13.3. The number of carbonyl (C=O) groups excluding carboxylic acids is 1. The molecule has 1 amide bonds. The number of halogens is 3. The number of likely N-dealkylation sites (N-methyl/N-ethyl adjacent to an activating group) is 1. The van der Waals surface area contributed by atoms with Crippen molar-refractivity contribution in [3.8, 4) is 17.2 Å². The van der Waals surface area contributed by atoms with Crippen molar-refractivity contribution in [1.29, 1.82) is 0 Å². The van der Waals surface area contributed by atoms with E-state index in [2.05, 4.69) is 10.1 Å². The van der Waals surface area contributed by atoms with Crippen LogP contribution in [0.15, 0.2) is 42.5 Å². The summed E-state index contributed by atoms with van der Waals surface area (Å²) < 4.78 is 51.5. The number of anilines is 1. The van der Waals surface area contributed by atoms with E-state index in [1.807, 2.05) is 11.8 Å². The van der Waals surface area contributed by atoms with E-state index in [9.17, 15) is 18.0 Å². The number of ether oxygens (including phenoxy) is 3. The summed E-state index contributed by atoms with van der Waals surface area (Å²) >= 11 is 0. The van der Waals surface area contributed by atoms with Gasteiger partial charge in [0.15, 0.2) is 11.5 Å². The van der Waals surface area contributed by atoms with Crippen molar-refractivity contribution < 1.29 is 32.2 Å². The lowest BCUT2D eigenvalue weighted by Crippen LogP contribution is -2.32. The van der Waals surface area contributed by atoms with Crippen molar-refractivity contribution >= 4 is 11.6 Å². The highest BCUT2D eigenvalue weighted by Gasteiger charge is 2.31. The maximum atomic E-state index is 12.4. The minimum absolute atomic E-state index is 0.131. The van der Waals surface area contributed by atoms with E-state index in [0.29, 0.717) is 43.5 Å². The van der Waals surface area contributed by atoms with Crippen molar-refractivity contribution in [3.05, 3.63) is 48.0 Å². The summed E-state index contributed by atoms with van der Waals surface area (Å²) in [6.45, 7) is 3.99. The average molecular weight is 410 g/mol. The van der Waals surface area contributed by atoms with Gasteiger partial charge >= 0.3 is 6.36 Å². The van der Waals surface area contributed by atoms with Gasteiger partial charge in [0.25, 0.3) is 0 Å². The van der Waals surface area contributed by atoms with E-state index >= 15 is 0 Å². The molecule has 3 rings (SSSR count). The number of amides is 1. The van der Waals surface area contributed by atoms with Crippen LogP contribution in [0.3, 0.4) is 0 Å². The summed E-state index contributed by atoms with van der Waals surface area (Å²) in [5.41, 5.74) is 1.37. The lowest BCUT2D eigenvalue weighted by atomic mass is 10.2. The van der Waals surface area contributed by atoms with Crippen LogP contribution in [-0.4, -0.2) is 43.5 Å². The predicted octanol–water partition coefficient (Wildman–Crippen LogP) is 3.82. The molecular formula is C20H21F3N2O4. The molecule has 9 heteroatoms. The van der Waals surface area contributed by atoms with Crippen LogP contribution in [0.5, 0.6) is 17.2 Å². The summed E-state index contributed by atoms with van der Waals surface area (Å²) in [6, 6.07) is 10.8. The van der Waals surface area contributed by atoms with E-state index < -0.39 is 6.36 Å². The van der Waals surface area contributed by atoms with E-state index in [-0.39, 0.29) is 18.2 Å². The number of alkyl halides is 3. The van der Waals surface area contributed by atoms with Gasteiger partial charge in [-0.05, 0) is 36.4 Å². The first kappa shape index (κ1) is 20.8. The molecule has 0 aromatic heterocycles. The molecule has 0 bridgehead atoms. The van der Waals surface area contributed by atoms with Crippen LogP contribution in [0.1, 0.15) is 12.5 Å². The SMILES string of the molecule is CCN(CC(=O)Nc1ccc2c(c1)OCCO2)Cc1ccc(OC(F)(F)F)cc1. The highest BCUT2D eigenvalue weighted by Crippen LogP contribution is 2.32. The van der Waals surface area contributed by atoms with Crippen LogP contribution < -0.4 is 19.5 Å². The van der Waals surface area contributed by atoms with Crippen molar-refractivity contribution in [3.63, 3.8) is 0 Å².